The minimum absolute atomic E-state index is 0.309. The number of rotatable bonds is 5. The van der Waals surface area contributed by atoms with Crippen LogP contribution < -0.4 is 4.74 Å². The van der Waals surface area contributed by atoms with Crippen LogP contribution in [0.25, 0.3) is 16.6 Å². The number of ether oxygens (including phenoxy) is 1. The van der Waals surface area contributed by atoms with Crippen molar-refractivity contribution in [3.8, 4) is 16.9 Å². The highest BCUT2D eigenvalue weighted by Gasteiger charge is 2.18. The molecule has 0 unspecified atom stereocenters. The molecule has 4 nitrogen and oxygen atoms in total. The SMILES string of the molecule is O=C(O)c1c(-c2ccc(OCc3ccccc3)cc2)cn2ccccc12. The van der Waals surface area contributed by atoms with Crippen molar-refractivity contribution in [1.82, 2.24) is 4.40 Å². The lowest BCUT2D eigenvalue weighted by Crippen LogP contribution is -1.98. The highest BCUT2D eigenvalue weighted by atomic mass is 16.5. The summed E-state index contributed by atoms with van der Waals surface area (Å²) in [6.45, 7) is 0.497. The molecule has 0 bridgehead atoms. The number of aromatic carboxylic acids is 1. The van der Waals surface area contributed by atoms with Crippen molar-refractivity contribution in [2.24, 2.45) is 0 Å². The normalized spacial score (nSPS) is 10.8. The first-order valence-corrected chi connectivity index (χ1v) is 8.32. The Morgan fingerprint density at radius 3 is 2.38 bits per heavy atom. The third-order valence-electron chi connectivity index (χ3n) is 4.31. The number of nitrogens with zero attached hydrogens (tertiary/aromatic N) is 1. The van der Waals surface area contributed by atoms with Gasteiger partial charge >= 0.3 is 5.97 Å². The maximum atomic E-state index is 11.8. The zero-order chi connectivity index (χ0) is 17.9. The van der Waals surface area contributed by atoms with E-state index in [9.17, 15) is 9.90 Å². The van der Waals surface area contributed by atoms with Gasteiger partial charge in [0.2, 0.25) is 0 Å². The van der Waals surface area contributed by atoms with E-state index in [4.69, 9.17) is 4.74 Å². The van der Waals surface area contributed by atoms with E-state index in [1.54, 1.807) is 0 Å². The molecule has 0 aliphatic carbocycles. The molecule has 0 saturated carbocycles. The lowest BCUT2D eigenvalue weighted by atomic mass is 10.0. The van der Waals surface area contributed by atoms with Crippen LogP contribution in [0, 0.1) is 0 Å². The van der Waals surface area contributed by atoms with Gasteiger partial charge in [-0.3, -0.25) is 0 Å². The summed E-state index contributed by atoms with van der Waals surface area (Å²) in [5.74, 6) is -0.184. The molecular weight excluding hydrogens is 326 g/mol. The number of fused-ring (bicyclic) bond motifs is 1. The molecule has 128 valence electrons. The highest BCUT2D eigenvalue weighted by molar-refractivity contribution is 6.03. The Kier molecular flexibility index (Phi) is 4.15. The lowest BCUT2D eigenvalue weighted by Gasteiger charge is -2.07. The Labute approximate surface area is 150 Å². The summed E-state index contributed by atoms with van der Waals surface area (Å²) in [5.41, 5.74) is 3.63. The van der Waals surface area contributed by atoms with Gasteiger partial charge in [-0.25, -0.2) is 4.79 Å². The van der Waals surface area contributed by atoms with E-state index >= 15 is 0 Å². The second-order valence-electron chi connectivity index (χ2n) is 6.01. The molecule has 4 aromatic rings. The molecule has 4 heteroatoms. The van der Waals surface area contributed by atoms with Gasteiger partial charge in [-0.15, -0.1) is 0 Å². The van der Waals surface area contributed by atoms with Crippen LogP contribution in [0.15, 0.2) is 85.2 Å². The molecule has 2 aromatic heterocycles. The minimum atomic E-state index is -0.932. The average Bonchev–Trinajstić information content (AvgIpc) is 3.07. The molecule has 0 atom stereocenters. The second-order valence-corrected chi connectivity index (χ2v) is 6.01. The predicted octanol–water partition coefficient (Wildman–Crippen LogP) is 4.88. The summed E-state index contributed by atoms with van der Waals surface area (Å²) in [7, 11) is 0. The molecule has 0 aliphatic rings. The Bertz CT molecular complexity index is 1050. The molecular formula is C22H17NO3. The van der Waals surface area contributed by atoms with Gasteiger partial charge in [0.05, 0.1) is 11.1 Å². The summed E-state index contributed by atoms with van der Waals surface area (Å²) in [6, 6.07) is 23.0. The quantitative estimate of drug-likeness (QED) is 0.562. The number of aromatic nitrogens is 1. The van der Waals surface area contributed by atoms with E-state index < -0.39 is 5.97 Å². The van der Waals surface area contributed by atoms with Crippen LogP contribution in [0.2, 0.25) is 0 Å². The maximum absolute atomic E-state index is 11.8. The molecule has 0 amide bonds. The number of carboxylic acids is 1. The van der Waals surface area contributed by atoms with E-state index in [2.05, 4.69) is 0 Å². The number of benzene rings is 2. The summed E-state index contributed by atoms with van der Waals surface area (Å²) < 4.78 is 7.63. The summed E-state index contributed by atoms with van der Waals surface area (Å²) in [4.78, 5) is 11.8. The van der Waals surface area contributed by atoms with Crippen molar-refractivity contribution >= 4 is 11.5 Å². The Morgan fingerprint density at radius 2 is 1.65 bits per heavy atom. The van der Waals surface area contributed by atoms with Gasteiger partial charge in [-0.2, -0.15) is 0 Å². The lowest BCUT2D eigenvalue weighted by molar-refractivity contribution is 0.0700. The van der Waals surface area contributed by atoms with Crippen molar-refractivity contribution in [1.29, 1.82) is 0 Å². The first-order chi connectivity index (χ1) is 12.7. The molecule has 0 saturated heterocycles. The van der Waals surface area contributed by atoms with Gasteiger partial charge in [0.1, 0.15) is 12.4 Å². The molecule has 2 aromatic carbocycles. The zero-order valence-electron chi connectivity index (χ0n) is 14.0. The third-order valence-corrected chi connectivity index (χ3v) is 4.31. The fourth-order valence-corrected chi connectivity index (χ4v) is 3.04. The van der Waals surface area contributed by atoms with Crippen LogP contribution in [0.4, 0.5) is 0 Å². The summed E-state index contributed by atoms with van der Waals surface area (Å²) >= 11 is 0. The zero-order valence-corrected chi connectivity index (χ0v) is 14.0. The van der Waals surface area contributed by atoms with E-state index in [-0.39, 0.29) is 0 Å². The van der Waals surface area contributed by atoms with Crippen molar-refractivity contribution in [2.45, 2.75) is 6.61 Å². The monoisotopic (exact) mass is 343 g/mol. The maximum Gasteiger partial charge on any atom is 0.338 e. The fraction of sp³-hybridized carbons (Fsp3) is 0.0455. The number of hydrogen-bond donors (Lipinski definition) is 1. The molecule has 0 aliphatic heterocycles. The fourth-order valence-electron chi connectivity index (χ4n) is 3.04. The van der Waals surface area contributed by atoms with E-state index in [1.165, 1.54) is 0 Å². The third kappa shape index (κ3) is 3.05. The molecule has 2 heterocycles. The topological polar surface area (TPSA) is 50.9 Å². The van der Waals surface area contributed by atoms with E-state index in [1.807, 2.05) is 89.6 Å². The van der Waals surface area contributed by atoms with Gasteiger partial charge in [0.15, 0.2) is 0 Å². The largest absolute Gasteiger partial charge is 0.489 e. The van der Waals surface area contributed by atoms with Gasteiger partial charge in [-0.05, 0) is 35.4 Å². The van der Waals surface area contributed by atoms with Gasteiger partial charge in [0.25, 0.3) is 0 Å². The number of carbonyl (C=O) groups is 1. The first-order valence-electron chi connectivity index (χ1n) is 8.32. The smallest absolute Gasteiger partial charge is 0.338 e. The van der Waals surface area contributed by atoms with Crippen LogP contribution >= 0.6 is 0 Å². The first kappa shape index (κ1) is 16.0. The van der Waals surface area contributed by atoms with Crippen molar-refractivity contribution in [3.63, 3.8) is 0 Å². The Morgan fingerprint density at radius 1 is 0.923 bits per heavy atom. The minimum Gasteiger partial charge on any atom is -0.489 e. The van der Waals surface area contributed by atoms with Crippen LogP contribution in [0.3, 0.4) is 0 Å². The molecule has 0 spiro atoms. The van der Waals surface area contributed by atoms with Crippen molar-refractivity contribution in [3.05, 3.63) is 96.3 Å². The van der Waals surface area contributed by atoms with Crippen LogP contribution in [0.1, 0.15) is 15.9 Å². The molecule has 26 heavy (non-hydrogen) atoms. The van der Waals surface area contributed by atoms with Crippen molar-refractivity contribution in [2.75, 3.05) is 0 Å². The Balaban J connectivity index is 1.62. The van der Waals surface area contributed by atoms with Crippen LogP contribution in [0.5, 0.6) is 5.75 Å². The van der Waals surface area contributed by atoms with E-state index in [0.717, 1.165) is 16.9 Å². The number of hydrogen-bond acceptors (Lipinski definition) is 2. The van der Waals surface area contributed by atoms with E-state index in [0.29, 0.717) is 23.3 Å². The Hall–Kier alpha value is -3.53. The number of carboxylic acid groups (broad SMARTS) is 1. The van der Waals surface area contributed by atoms with Crippen LogP contribution in [-0.4, -0.2) is 15.5 Å². The van der Waals surface area contributed by atoms with Gasteiger partial charge < -0.3 is 14.2 Å². The average molecular weight is 343 g/mol. The van der Waals surface area contributed by atoms with Crippen molar-refractivity contribution < 1.29 is 14.6 Å². The van der Waals surface area contributed by atoms with Gasteiger partial charge in [-0.1, -0.05) is 48.5 Å². The molecule has 1 N–H and O–H groups in total. The summed E-state index contributed by atoms with van der Waals surface area (Å²) in [5, 5.41) is 9.64. The second kappa shape index (κ2) is 6.76. The molecule has 0 fully saturated rings. The highest BCUT2D eigenvalue weighted by Crippen LogP contribution is 2.30. The summed E-state index contributed by atoms with van der Waals surface area (Å²) in [6.07, 6.45) is 3.70. The van der Waals surface area contributed by atoms with Gasteiger partial charge in [0, 0.05) is 18.0 Å². The van der Waals surface area contributed by atoms with Crippen LogP contribution in [-0.2, 0) is 6.61 Å². The molecule has 4 rings (SSSR count). The predicted molar refractivity (Wildman–Crippen MR) is 101 cm³/mol. The standard InChI is InChI=1S/C22H17NO3/c24-22(25)21-19(14-23-13-5-4-8-20(21)23)17-9-11-18(12-10-17)26-15-16-6-2-1-3-7-16/h1-14H,15H2,(H,24,25). The molecule has 0 radical (unpaired) electrons. The number of pyridine rings is 1.